The number of fused-ring (bicyclic) bond motifs is 1. The van der Waals surface area contributed by atoms with Crippen LogP contribution in [0.25, 0.3) is 0 Å². The second kappa shape index (κ2) is 3.80. The normalized spacial score (nSPS) is 43.5. The topological polar surface area (TPSA) is 42.0 Å². The zero-order valence-electron chi connectivity index (χ0n) is 9.14. The summed E-state index contributed by atoms with van der Waals surface area (Å²) in [5.41, 5.74) is 0. The highest BCUT2D eigenvalue weighted by atomic mass is 16.8. The van der Waals surface area contributed by atoms with Crippen LogP contribution in [0.15, 0.2) is 0 Å². The Hall–Kier alpha value is -0.120. The predicted molar refractivity (Wildman–Crippen MR) is 52.5 cm³/mol. The van der Waals surface area contributed by atoms with E-state index in [2.05, 4.69) is 20.8 Å². The van der Waals surface area contributed by atoms with Gasteiger partial charge in [0.1, 0.15) is 6.10 Å². The first-order valence-corrected chi connectivity index (χ1v) is 5.57. The maximum Gasteiger partial charge on any atom is 0.187 e. The maximum atomic E-state index is 9.69. The molecule has 5 unspecified atom stereocenters. The highest BCUT2D eigenvalue weighted by molar-refractivity contribution is 4.87. The average Bonchev–Trinajstić information content (AvgIpc) is 2.82. The van der Waals surface area contributed by atoms with Crippen LogP contribution in [0.1, 0.15) is 33.6 Å². The Kier molecular flexibility index (Phi) is 2.82. The SMILES string of the molecule is CC(C)C(C)CC1CC2OC2OC1O. The molecule has 2 aliphatic rings. The number of aliphatic hydroxyl groups excluding tert-OH is 1. The van der Waals surface area contributed by atoms with Crippen molar-refractivity contribution in [2.75, 3.05) is 0 Å². The minimum absolute atomic E-state index is 0.101. The fraction of sp³-hybridized carbons (Fsp3) is 1.00. The van der Waals surface area contributed by atoms with Gasteiger partial charge in [-0.25, -0.2) is 0 Å². The minimum atomic E-state index is -0.611. The molecule has 0 spiro atoms. The molecule has 2 saturated heterocycles. The van der Waals surface area contributed by atoms with E-state index in [1.165, 1.54) is 0 Å². The number of hydrogen-bond donors (Lipinski definition) is 1. The molecule has 0 aromatic heterocycles. The van der Waals surface area contributed by atoms with E-state index in [1.54, 1.807) is 0 Å². The highest BCUT2D eigenvalue weighted by Gasteiger charge is 2.49. The summed E-state index contributed by atoms with van der Waals surface area (Å²) >= 11 is 0. The molecule has 2 heterocycles. The zero-order valence-corrected chi connectivity index (χ0v) is 9.14. The maximum absolute atomic E-state index is 9.69. The lowest BCUT2D eigenvalue weighted by molar-refractivity contribution is -0.175. The van der Waals surface area contributed by atoms with Crippen molar-refractivity contribution in [1.82, 2.24) is 0 Å². The summed E-state index contributed by atoms with van der Waals surface area (Å²) in [7, 11) is 0. The fourth-order valence-electron chi connectivity index (χ4n) is 2.04. The van der Waals surface area contributed by atoms with Crippen LogP contribution in [0.4, 0.5) is 0 Å². The summed E-state index contributed by atoms with van der Waals surface area (Å²) in [6.45, 7) is 6.67. The van der Waals surface area contributed by atoms with Gasteiger partial charge in [0.05, 0.1) is 0 Å². The lowest BCUT2D eigenvalue weighted by atomic mass is 9.84. The second-order valence-corrected chi connectivity index (χ2v) is 5.02. The van der Waals surface area contributed by atoms with Gasteiger partial charge in [0.2, 0.25) is 0 Å². The third-order valence-corrected chi connectivity index (χ3v) is 3.56. The molecule has 5 atom stereocenters. The Morgan fingerprint density at radius 2 is 2.00 bits per heavy atom. The largest absolute Gasteiger partial charge is 0.368 e. The molecule has 2 aliphatic heterocycles. The Balaban J connectivity index is 1.84. The molecule has 3 nitrogen and oxygen atoms in total. The van der Waals surface area contributed by atoms with Crippen LogP contribution in [0.5, 0.6) is 0 Å². The van der Waals surface area contributed by atoms with E-state index in [9.17, 15) is 5.11 Å². The molecule has 0 aromatic carbocycles. The van der Waals surface area contributed by atoms with Crippen molar-refractivity contribution >= 4 is 0 Å². The molecule has 0 bridgehead atoms. The predicted octanol–water partition coefficient (Wildman–Crippen LogP) is 1.75. The number of epoxide rings is 1. The molecule has 2 fully saturated rings. The van der Waals surface area contributed by atoms with E-state index in [0.29, 0.717) is 11.8 Å². The third kappa shape index (κ3) is 2.10. The van der Waals surface area contributed by atoms with E-state index >= 15 is 0 Å². The van der Waals surface area contributed by atoms with Gasteiger partial charge in [-0.2, -0.15) is 0 Å². The lowest BCUT2D eigenvalue weighted by Gasteiger charge is -2.28. The Bertz CT molecular complexity index is 205. The monoisotopic (exact) mass is 200 g/mol. The van der Waals surface area contributed by atoms with Gasteiger partial charge < -0.3 is 14.6 Å². The first-order valence-electron chi connectivity index (χ1n) is 5.57. The number of hydrogen-bond acceptors (Lipinski definition) is 3. The molecule has 1 N–H and O–H groups in total. The molecule has 0 aromatic rings. The molecule has 0 amide bonds. The first-order chi connectivity index (χ1) is 6.58. The van der Waals surface area contributed by atoms with Crippen LogP contribution < -0.4 is 0 Å². The summed E-state index contributed by atoms with van der Waals surface area (Å²) in [6, 6.07) is 0. The summed E-state index contributed by atoms with van der Waals surface area (Å²) < 4.78 is 10.5. The molecule has 2 rings (SSSR count). The molecule has 0 saturated carbocycles. The van der Waals surface area contributed by atoms with Gasteiger partial charge in [0, 0.05) is 5.92 Å². The van der Waals surface area contributed by atoms with Crippen molar-refractivity contribution in [2.45, 2.75) is 52.3 Å². The standard InChI is InChI=1S/C11H20O3/c1-6(2)7(3)4-8-5-9-11(13-9)14-10(8)12/h6-12H,4-5H2,1-3H3. The molecular weight excluding hydrogens is 180 g/mol. The molecular formula is C11H20O3. The summed E-state index contributed by atoms with van der Waals surface area (Å²) in [4.78, 5) is 0. The van der Waals surface area contributed by atoms with Crippen molar-refractivity contribution in [2.24, 2.45) is 17.8 Å². The van der Waals surface area contributed by atoms with E-state index in [4.69, 9.17) is 9.47 Å². The number of ether oxygens (including phenoxy) is 2. The van der Waals surface area contributed by atoms with Gasteiger partial charge in [-0.15, -0.1) is 0 Å². The molecule has 3 heteroatoms. The van der Waals surface area contributed by atoms with Crippen molar-refractivity contribution < 1.29 is 14.6 Å². The van der Waals surface area contributed by atoms with Crippen LogP contribution in [0.2, 0.25) is 0 Å². The zero-order chi connectivity index (χ0) is 10.3. The Morgan fingerprint density at radius 3 is 2.64 bits per heavy atom. The number of rotatable bonds is 3. The summed E-state index contributed by atoms with van der Waals surface area (Å²) in [6.07, 6.45) is 1.55. The lowest BCUT2D eigenvalue weighted by Crippen LogP contribution is -2.33. The summed E-state index contributed by atoms with van der Waals surface area (Å²) in [5.74, 6) is 1.56. The molecule has 0 radical (unpaired) electrons. The smallest absolute Gasteiger partial charge is 0.187 e. The minimum Gasteiger partial charge on any atom is -0.368 e. The molecule has 0 aliphatic carbocycles. The van der Waals surface area contributed by atoms with Crippen molar-refractivity contribution in [3.63, 3.8) is 0 Å². The summed E-state index contributed by atoms with van der Waals surface area (Å²) in [5, 5.41) is 9.69. The molecule has 14 heavy (non-hydrogen) atoms. The van der Waals surface area contributed by atoms with Crippen LogP contribution in [-0.2, 0) is 9.47 Å². The van der Waals surface area contributed by atoms with Crippen LogP contribution in [0, 0.1) is 17.8 Å². The number of aliphatic hydroxyl groups is 1. The Labute approximate surface area is 85.4 Å². The third-order valence-electron chi connectivity index (χ3n) is 3.56. The van der Waals surface area contributed by atoms with E-state index in [0.717, 1.165) is 12.8 Å². The van der Waals surface area contributed by atoms with Crippen molar-refractivity contribution in [1.29, 1.82) is 0 Å². The first kappa shape index (κ1) is 10.4. The molecule has 82 valence electrons. The average molecular weight is 200 g/mol. The van der Waals surface area contributed by atoms with Gasteiger partial charge in [-0.3, -0.25) is 0 Å². The fourth-order valence-corrected chi connectivity index (χ4v) is 2.04. The van der Waals surface area contributed by atoms with Gasteiger partial charge >= 0.3 is 0 Å². The van der Waals surface area contributed by atoms with Gasteiger partial charge in [0.15, 0.2) is 12.6 Å². The van der Waals surface area contributed by atoms with Crippen LogP contribution >= 0.6 is 0 Å². The van der Waals surface area contributed by atoms with Crippen molar-refractivity contribution in [3.05, 3.63) is 0 Å². The van der Waals surface area contributed by atoms with Gasteiger partial charge in [0.25, 0.3) is 0 Å². The van der Waals surface area contributed by atoms with Gasteiger partial charge in [-0.05, 0) is 24.7 Å². The van der Waals surface area contributed by atoms with Gasteiger partial charge in [-0.1, -0.05) is 20.8 Å². The van der Waals surface area contributed by atoms with Crippen LogP contribution in [0.3, 0.4) is 0 Å². The Morgan fingerprint density at radius 1 is 1.29 bits per heavy atom. The van der Waals surface area contributed by atoms with Crippen LogP contribution in [-0.4, -0.2) is 23.8 Å². The quantitative estimate of drug-likeness (QED) is 0.706. The van der Waals surface area contributed by atoms with E-state index in [1.807, 2.05) is 0 Å². The second-order valence-electron chi connectivity index (χ2n) is 5.02. The van der Waals surface area contributed by atoms with E-state index in [-0.39, 0.29) is 18.3 Å². The van der Waals surface area contributed by atoms with Crippen molar-refractivity contribution in [3.8, 4) is 0 Å². The van der Waals surface area contributed by atoms with E-state index < -0.39 is 6.29 Å². The highest BCUT2D eigenvalue weighted by Crippen LogP contribution is 2.40.